The lowest BCUT2D eigenvalue weighted by molar-refractivity contribution is 0.620. The van der Waals surface area contributed by atoms with E-state index in [1.165, 1.54) is 5.56 Å². The molecule has 0 fully saturated rings. The minimum Gasteiger partial charge on any atom is -0.359 e. The van der Waals surface area contributed by atoms with Crippen LogP contribution < -0.4 is 5.32 Å². The Morgan fingerprint density at radius 1 is 1.31 bits per heavy atom. The third kappa shape index (κ3) is 1.51. The van der Waals surface area contributed by atoms with Crippen LogP contribution in [-0.2, 0) is 13.0 Å². The number of nitrogens with one attached hydrogen (secondary N) is 2. The number of aromatic nitrogens is 3. The van der Waals surface area contributed by atoms with Gasteiger partial charge in [0.25, 0.3) is 0 Å². The molecule has 16 heavy (non-hydrogen) atoms. The molecule has 0 saturated carbocycles. The van der Waals surface area contributed by atoms with Gasteiger partial charge in [0, 0.05) is 18.4 Å². The van der Waals surface area contributed by atoms with Crippen molar-refractivity contribution in [1.82, 2.24) is 20.3 Å². The fraction of sp³-hybridized carbons (Fsp3) is 0.333. The predicted octanol–water partition coefficient (Wildman–Crippen LogP) is 1.43. The Kier molecular flexibility index (Phi) is 2.22. The summed E-state index contributed by atoms with van der Waals surface area (Å²) < 4.78 is 0. The maximum Gasteiger partial charge on any atom is 0.176 e. The topological polar surface area (TPSA) is 53.6 Å². The van der Waals surface area contributed by atoms with Gasteiger partial charge in [-0.25, -0.2) is 9.97 Å². The lowest BCUT2D eigenvalue weighted by atomic mass is 10.0. The minimum absolute atomic E-state index is 0.796. The summed E-state index contributed by atoms with van der Waals surface area (Å²) in [6.07, 6.45) is 2.93. The Morgan fingerprint density at radius 2 is 2.25 bits per heavy atom. The first-order valence-electron chi connectivity index (χ1n) is 5.55. The van der Waals surface area contributed by atoms with Gasteiger partial charge in [0.05, 0.1) is 11.4 Å². The van der Waals surface area contributed by atoms with Gasteiger partial charge in [-0.15, -0.1) is 0 Å². The molecular formula is C12H14N4. The van der Waals surface area contributed by atoms with Crippen molar-refractivity contribution < 1.29 is 0 Å². The Hall–Kier alpha value is -1.68. The van der Waals surface area contributed by atoms with E-state index in [0.29, 0.717) is 0 Å². The van der Waals surface area contributed by atoms with Crippen molar-refractivity contribution in [3.05, 3.63) is 35.3 Å². The zero-order valence-corrected chi connectivity index (χ0v) is 9.25. The van der Waals surface area contributed by atoms with Gasteiger partial charge in [0.1, 0.15) is 0 Å². The molecule has 0 unspecified atom stereocenters. The molecule has 1 aliphatic rings. The van der Waals surface area contributed by atoms with Crippen molar-refractivity contribution in [3.8, 4) is 11.5 Å². The molecule has 0 saturated heterocycles. The average Bonchev–Trinajstić information content (AvgIpc) is 2.82. The van der Waals surface area contributed by atoms with Gasteiger partial charge in [-0.3, -0.25) is 0 Å². The fourth-order valence-corrected chi connectivity index (χ4v) is 2.14. The highest BCUT2D eigenvalue weighted by Crippen LogP contribution is 2.19. The van der Waals surface area contributed by atoms with E-state index in [4.69, 9.17) is 0 Å². The highest BCUT2D eigenvalue weighted by atomic mass is 15.0. The van der Waals surface area contributed by atoms with E-state index in [1.54, 1.807) is 0 Å². The van der Waals surface area contributed by atoms with E-state index in [-0.39, 0.29) is 0 Å². The summed E-state index contributed by atoms with van der Waals surface area (Å²) in [5.41, 5.74) is 4.55. The molecule has 0 aromatic carbocycles. The number of H-pyrrole nitrogens is 1. The molecule has 2 aromatic rings. The normalized spacial score (nSPS) is 14.8. The molecule has 0 radical (unpaired) electrons. The van der Waals surface area contributed by atoms with Crippen LogP contribution in [-0.4, -0.2) is 21.5 Å². The lowest BCUT2D eigenvalue weighted by Gasteiger charge is -2.18. The predicted molar refractivity (Wildman–Crippen MR) is 62.0 cm³/mol. The molecule has 0 atom stereocenters. The number of aryl methyl sites for hydroxylation is 1. The van der Waals surface area contributed by atoms with Crippen LogP contribution in [0.1, 0.15) is 17.0 Å². The summed E-state index contributed by atoms with van der Waals surface area (Å²) in [6.45, 7) is 3.95. The van der Waals surface area contributed by atoms with Crippen molar-refractivity contribution >= 4 is 0 Å². The summed E-state index contributed by atoms with van der Waals surface area (Å²) in [5, 5.41) is 3.34. The van der Waals surface area contributed by atoms with Gasteiger partial charge in [0.2, 0.25) is 0 Å². The van der Waals surface area contributed by atoms with Crippen molar-refractivity contribution in [2.45, 2.75) is 19.9 Å². The average molecular weight is 214 g/mol. The van der Waals surface area contributed by atoms with E-state index in [2.05, 4.69) is 27.2 Å². The van der Waals surface area contributed by atoms with Gasteiger partial charge in [0.15, 0.2) is 5.82 Å². The van der Waals surface area contributed by atoms with Crippen LogP contribution in [0.15, 0.2) is 18.3 Å². The number of nitrogens with zero attached hydrogens (tertiary/aromatic N) is 2. The number of hydrogen-bond acceptors (Lipinski definition) is 3. The molecule has 0 amide bonds. The summed E-state index contributed by atoms with van der Waals surface area (Å²) in [5.74, 6) is 0.796. The van der Waals surface area contributed by atoms with E-state index in [0.717, 1.165) is 42.4 Å². The van der Waals surface area contributed by atoms with Crippen LogP contribution in [0.25, 0.3) is 11.5 Å². The van der Waals surface area contributed by atoms with Crippen LogP contribution in [0, 0.1) is 6.92 Å². The molecule has 0 aliphatic carbocycles. The standard InChI is InChI=1S/C12H14N4/c1-8-9-4-6-13-7-11(9)16-12(15-8)10-3-2-5-14-10/h2-3,5,13-14H,4,6-7H2,1H3. The molecule has 0 spiro atoms. The Bertz CT molecular complexity index is 502. The zero-order chi connectivity index (χ0) is 11.0. The molecule has 4 heteroatoms. The maximum atomic E-state index is 4.61. The number of rotatable bonds is 1. The molecule has 1 aliphatic heterocycles. The summed E-state index contributed by atoms with van der Waals surface area (Å²) in [6, 6.07) is 3.96. The highest BCUT2D eigenvalue weighted by molar-refractivity contribution is 5.50. The second-order valence-corrected chi connectivity index (χ2v) is 4.07. The second kappa shape index (κ2) is 3.72. The first kappa shape index (κ1) is 9.54. The van der Waals surface area contributed by atoms with E-state index < -0.39 is 0 Å². The first-order chi connectivity index (χ1) is 7.84. The van der Waals surface area contributed by atoms with E-state index in [9.17, 15) is 0 Å². The lowest BCUT2D eigenvalue weighted by Crippen LogP contribution is -2.26. The SMILES string of the molecule is Cc1nc(-c2ccc[nH]2)nc2c1CCNC2. The smallest absolute Gasteiger partial charge is 0.176 e. The van der Waals surface area contributed by atoms with Crippen LogP contribution in [0.4, 0.5) is 0 Å². The highest BCUT2D eigenvalue weighted by Gasteiger charge is 2.15. The molecule has 2 aromatic heterocycles. The number of hydrogen-bond donors (Lipinski definition) is 2. The van der Waals surface area contributed by atoms with Crippen LogP contribution in [0.2, 0.25) is 0 Å². The number of aromatic amines is 1. The fourth-order valence-electron chi connectivity index (χ4n) is 2.14. The molecule has 0 bridgehead atoms. The summed E-state index contributed by atoms with van der Waals surface area (Å²) in [4.78, 5) is 12.3. The summed E-state index contributed by atoms with van der Waals surface area (Å²) >= 11 is 0. The first-order valence-corrected chi connectivity index (χ1v) is 5.55. The van der Waals surface area contributed by atoms with Gasteiger partial charge in [-0.05, 0) is 37.6 Å². The second-order valence-electron chi connectivity index (χ2n) is 4.07. The van der Waals surface area contributed by atoms with E-state index >= 15 is 0 Å². The zero-order valence-electron chi connectivity index (χ0n) is 9.25. The Labute approximate surface area is 94.1 Å². The molecule has 3 heterocycles. The van der Waals surface area contributed by atoms with Crippen LogP contribution in [0.3, 0.4) is 0 Å². The molecule has 3 rings (SSSR count). The van der Waals surface area contributed by atoms with Gasteiger partial charge in [-0.2, -0.15) is 0 Å². The van der Waals surface area contributed by atoms with Crippen LogP contribution in [0.5, 0.6) is 0 Å². The molecule has 4 nitrogen and oxygen atoms in total. The van der Waals surface area contributed by atoms with Crippen molar-refractivity contribution in [2.24, 2.45) is 0 Å². The molecular weight excluding hydrogens is 200 g/mol. The van der Waals surface area contributed by atoms with Crippen LogP contribution >= 0.6 is 0 Å². The Balaban J connectivity index is 2.12. The largest absolute Gasteiger partial charge is 0.359 e. The molecule has 82 valence electrons. The van der Waals surface area contributed by atoms with Crippen molar-refractivity contribution in [1.29, 1.82) is 0 Å². The third-order valence-corrected chi connectivity index (χ3v) is 2.98. The maximum absolute atomic E-state index is 4.61. The Morgan fingerprint density at radius 3 is 3.06 bits per heavy atom. The molecule has 2 N–H and O–H groups in total. The number of fused-ring (bicyclic) bond motifs is 1. The van der Waals surface area contributed by atoms with Crippen molar-refractivity contribution in [2.75, 3.05) is 6.54 Å². The van der Waals surface area contributed by atoms with E-state index in [1.807, 2.05) is 18.3 Å². The van der Waals surface area contributed by atoms with Crippen molar-refractivity contribution in [3.63, 3.8) is 0 Å². The summed E-state index contributed by atoms with van der Waals surface area (Å²) in [7, 11) is 0. The third-order valence-electron chi connectivity index (χ3n) is 2.98. The quantitative estimate of drug-likeness (QED) is 0.755. The minimum atomic E-state index is 0.796. The van der Waals surface area contributed by atoms with Gasteiger partial charge in [-0.1, -0.05) is 0 Å². The monoisotopic (exact) mass is 214 g/mol. The van der Waals surface area contributed by atoms with Gasteiger partial charge >= 0.3 is 0 Å². The van der Waals surface area contributed by atoms with Gasteiger partial charge < -0.3 is 10.3 Å².